The van der Waals surface area contributed by atoms with Gasteiger partial charge in [0, 0.05) is 16.6 Å². The highest BCUT2D eigenvalue weighted by Gasteiger charge is 2.08. The molecule has 0 radical (unpaired) electrons. The van der Waals surface area contributed by atoms with Crippen LogP contribution in [0.15, 0.2) is 30.9 Å². The number of amides is 3. The smallest absolute Gasteiger partial charge is 0.321 e. The summed E-state index contributed by atoms with van der Waals surface area (Å²) in [7, 11) is 0. The van der Waals surface area contributed by atoms with E-state index >= 15 is 0 Å². The topological polar surface area (TPSA) is 67.4 Å². The van der Waals surface area contributed by atoms with E-state index in [9.17, 15) is 9.59 Å². The fraction of sp³-hybridized carbons (Fsp3) is 0.167. The molecule has 0 aliphatic heterocycles. The predicted molar refractivity (Wildman–Crippen MR) is 73.7 cm³/mol. The molecule has 0 saturated heterocycles. The van der Waals surface area contributed by atoms with Crippen LogP contribution in [0.25, 0.3) is 0 Å². The molecule has 102 valence electrons. The summed E-state index contributed by atoms with van der Waals surface area (Å²) in [4.78, 5) is 22.5. The lowest BCUT2D eigenvalue weighted by atomic mass is 10.3. The van der Waals surface area contributed by atoms with Crippen LogP contribution < -0.4 is 15.4 Å². The van der Waals surface area contributed by atoms with E-state index in [0.717, 1.165) is 0 Å². The summed E-state index contributed by atoms with van der Waals surface area (Å²) < 4.78 is 5.15. The van der Waals surface area contributed by atoms with E-state index in [1.54, 1.807) is 6.07 Å². The van der Waals surface area contributed by atoms with Gasteiger partial charge >= 0.3 is 6.03 Å². The molecule has 0 fully saturated rings. The Hall–Kier alpha value is -1.72. The summed E-state index contributed by atoms with van der Waals surface area (Å²) in [6.07, 6.45) is 1.49. The quantitative estimate of drug-likeness (QED) is 0.821. The Labute approximate surface area is 120 Å². The third-order valence-corrected chi connectivity index (χ3v) is 2.30. The average molecular weight is 303 g/mol. The lowest BCUT2D eigenvalue weighted by Gasteiger charge is -2.07. The number of benzene rings is 1. The molecule has 2 N–H and O–H groups in total. The predicted octanol–water partition coefficient (Wildman–Crippen LogP) is 2.38. The summed E-state index contributed by atoms with van der Waals surface area (Å²) in [5.41, 5.74) is 0. The minimum atomic E-state index is -0.613. The molecule has 0 atom stereocenters. The third-order valence-electron chi connectivity index (χ3n) is 1.87. The van der Waals surface area contributed by atoms with Crippen molar-refractivity contribution in [1.29, 1.82) is 0 Å². The molecular weight excluding hydrogens is 291 g/mol. The standard InChI is InChI=1S/C12H12Cl2N2O3/c1-2-3-15-12(18)16-11(17)7-19-10-5-8(13)4-9(14)6-10/h2,4-6H,1,3,7H2,(H2,15,16,17,18). The van der Waals surface area contributed by atoms with Gasteiger partial charge in [0.25, 0.3) is 5.91 Å². The fourth-order valence-electron chi connectivity index (χ4n) is 1.13. The molecule has 1 aromatic carbocycles. The highest BCUT2D eigenvalue weighted by Crippen LogP contribution is 2.23. The van der Waals surface area contributed by atoms with E-state index in [1.165, 1.54) is 18.2 Å². The van der Waals surface area contributed by atoms with Gasteiger partial charge in [0.1, 0.15) is 5.75 Å². The van der Waals surface area contributed by atoms with Crippen molar-refractivity contribution >= 4 is 35.1 Å². The zero-order chi connectivity index (χ0) is 14.3. The van der Waals surface area contributed by atoms with Crippen LogP contribution in [-0.4, -0.2) is 25.1 Å². The van der Waals surface area contributed by atoms with E-state index in [4.69, 9.17) is 27.9 Å². The molecule has 5 nitrogen and oxygen atoms in total. The lowest BCUT2D eigenvalue weighted by molar-refractivity contribution is -0.122. The second-order valence-corrected chi connectivity index (χ2v) is 4.31. The lowest BCUT2D eigenvalue weighted by Crippen LogP contribution is -2.41. The van der Waals surface area contributed by atoms with Crippen molar-refractivity contribution in [2.45, 2.75) is 0 Å². The third kappa shape index (κ3) is 6.13. The van der Waals surface area contributed by atoms with Gasteiger partial charge in [-0.25, -0.2) is 4.79 Å². The van der Waals surface area contributed by atoms with Crippen LogP contribution in [0.1, 0.15) is 0 Å². The van der Waals surface area contributed by atoms with Crippen LogP contribution in [0.4, 0.5) is 4.79 Å². The molecule has 0 aliphatic rings. The molecule has 19 heavy (non-hydrogen) atoms. The fourth-order valence-corrected chi connectivity index (χ4v) is 1.64. The van der Waals surface area contributed by atoms with Gasteiger partial charge in [-0.3, -0.25) is 10.1 Å². The van der Waals surface area contributed by atoms with Crippen molar-refractivity contribution in [1.82, 2.24) is 10.6 Å². The Morgan fingerprint density at radius 3 is 2.47 bits per heavy atom. The Morgan fingerprint density at radius 2 is 1.89 bits per heavy atom. The van der Waals surface area contributed by atoms with Crippen molar-refractivity contribution in [3.05, 3.63) is 40.9 Å². The van der Waals surface area contributed by atoms with Gasteiger partial charge in [0.15, 0.2) is 6.61 Å². The number of carbonyl (C=O) groups excluding carboxylic acids is 2. The molecule has 0 aliphatic carbocycles. The second kappa shape index (κ2) is 7.66. The van der Waals surface area contributed by atoms with Gasteiger partial charge in [-0.15, -0.1) is 6.58 Å². The number of urea groups is 1. The molecule has 0 aromatic heterocycles. The number of ether oxygens (including phenoxy) is 1. The van der Waals surface area contributed by atoms with Crippen LogP contribution in [-0.2, 0) is 4.79 Å². The van der Waals surface area contributed by atoms with E-state index in [0.29, 0.717) is 15.8 Å². The average Bonchev–Trinajstić information content (AvgIpc) is 2.33. The Morgan fingerprint density at radius 1 is 1.26 bits per heavy atom. The SMILES string of the molecule is C=CCNC(=O)NC(=O)COc1cc(Cl)cc(Cl)c1. The largest absolute Gasteiger partial charge is 0.484 e. The van der Waals surface area contributed by atoms with E-state index in [2.05, 4.69) is 17.2 Å². The highest BCUT2D eigenvalue weighted by molar-refractivity contribution is 6.34. The number of imide groups is 1. The molecule has 0 saturated carbocycles. The van der Waals surface area contributed by atoms with Crippen LogP contribution in [0.3, 0.4) is 0 Å². The maximum absolute atomic E-state index is 11.4. The number of halogens is 2. The van der Waals surface area contributed by atoms with Gasteiger partial charge in [0.05, 0.1) is 0 Å². The summed E-state index contributed by atoms with van der Waals surface area (Å²) in [6.45, 7) is 3.37. The number of nitrogens with one attached hydrogen (secondary N) is 2. The van der Waals surface area contributed by atoms with Crippen molar-refractivity contribution in [2.24, 2.45) is 0 Å². The Kier molecular flexibility index (Phi) is 6.18. The van der Waals surface area contributed by atoms with Gasteiger partial charge in [-0.2, -0.15) is 0 Å². The zero-order valence-electron chi connectivity index (χ0n) is 9.91. The van der Waals surface area contributed by atoms with E-state index < -0.39 is 11.9 Å². The van der Waals surface area contributed by atoms with Crippen molar-refractivity contribution in [3.63, 3.8) is 0 Å². The summed E-state index contributed by atoms with van der Waals surface area (Å²) >= 11 is 11.5. The summed E-state index contributed by atoms with van der Waals surface area (Å²) in [6, 6.07) is 3.95. The molecule has 3 amide bonds. The number of hydrogen-bond donors (Lipinski definition) is 2. The first kappa shape index (κ1) is 15.3. The number of carbonyl (C=O) groups is 2. The normalized spacial score (nSPS) is 9.58. The molecule has 1 aromatic rings. The van der Waals surface area contributed by atoms with Crippen molar-refractivity contribution < 1.29 is 14.3 Å². The first-order valence-corrected chi connectivity index (χ1v) is 6.04. The van der Waals surface area contributed by atoms with Crippen molar-refractivity contribution in [2.75, 3.05) is 13.2 Å². The molecule has 0 heterocycles. The summed E-state index contributed by atoms with van der Waals surface area (Å²) in [5.74, 6) is -0.239. The first-order chi connectivity index (χ1) is 9.01. The Bertz CT molecular complexity index is 472. The molecular formula is C12H12Cl2N2O3. The molecule has 1 rings (SSSR count). The number of rotatable bonds is 5. The van der Waals surface area contributed by atoms with Gasteiger partial charge in [-0.05, 0) is 18.2 Å². The van der Waals surface area contributed by atoms with Gasteiger partial charge in [-0.1, -0.05) is 29.3 Å². The van der Waals surface area contributed by atoms with Crippen molar-refractivity contribution in [3.8, 4) is 5.75 Å². The number of hydrogen-bond acceptors (Lipinski definition) is 3. The molecule has 0 bridgehead atoms. The summed E-state index contributed by atoms with van der Waals surface area (Å²) in [5, 5.41) is 5.27. The first-order valence-electron chi connectivity index (χ1n) is 5.28. The highest BCUT2D eigenvalue weighted by atomic mass is 35.5. The monoisotopic (exact) mass is 302 g/mol. The molecule has 7 heteroatoms. The minimum absolute atomic E-state index is 0.268. The second-order valence-electron chi connectivity index (χ2n) is 3.44. The maximum Gasteiger partial charge on any atom is 0.321 e. The van der Waals surface area contributed by atoms with E-state index in [-0.39, 0.29) is 13.2 Å². The molecule has 0 unspecified atom stereocenters. The van der Waals surface area contributed by atoms with E-state index in [1.807, 2.05) is 0 Å². The van der Waals surface area contributed by atoms with Crippen LogP contribution >= 0.6 is 23.2 Å². The maximum atomic E-state index is 11.4. The molecule has 0 spiro atoms. The van der Waals surface area contributed by atoms with Gasteiger partial charge < -0.3 is 10.1 Å². The zero-order valence-corrected chi connectivity index (χ0v) is 11.4. The van der Waals surface area contributed by atoms with Gasteiger partial charge in [0.2, 0.25) is 0 Å². The minimum Gasteiger partial charge on any atom is -0.484 e. The Balaban J connectivity index is 2.41. The van der Waals surface area contributed by atoms with Crippen LogP contribution in [0, 0.1) is 0 Å². The van der Waals surface area contributed by atoms with Crippen LogP contribution in [0.5, 0.6) is 5.75 Å². The van der Waals surface area contributed by atoms with Crippen LogP contribution in [0.2, 0.25) is 10.0 Å².